The number of ether oxygens (including phenoxy) is 7. The van der Waals surface area contributed by atoms with Crippen LogP contribution < -0.4 is 36.3 Å². The number of thiazole rings is 1. The van der Waals surface area contributed by atoms with E-state index in [2.05, 4.69) is 20.6 Å². The number of imidazole rings is 1. The summed E-state index contributed by atoms with van der Waals surface area (Å²) in [4.78, 5) is 69.6. The molecule has 7 rings (SSSR count). The number of hydrogen-bond donors (Lipinski definition) is 5. The molecule has 0 unspecified atom stereocenters. The van der Waals surface area contributed by atoms with Gasteiger partial charge in [0.05, 0.1) is 88.3 Å². The molecule has 3 aromatic heterocycles. The Hall–Kier alpha value is -6.27. The third-order valence-corrected chi connectivity index (χ3v) is 14.8. The van der Waals surface area contributed by atoms with Gasteiger partial charge in [0.15, 0.2) is 22.9 Å². The van der Waals surface area contributed by atoms with Gasteiger partial charge in [-0.3, -0.25) is 23.6 Å². The molecule has 0 spiro atoms. The third kappa shape index (κ3) is 15.7. The average molecular weight is 1090 g/mol. The molecule has 2 fully saturated rings. The van der Waals surface area contributed by atoms with Crippen molar-refractivity contribution < 1.29 is 57.4 Å². The van der Waals surface area contributed by atoms with E-state index in [1.165, 1.54) is 19.1 Å². The summed E-state index contributed by atoms with van der Waals surface area (Å²) < 4.78 is 41.8. The van der Waals surface area contributed by atoms with Crippen LogP contribution in [0.3, 0.4) is 0 Å². The molecule has 22 heteroatoms. The first-order valence-corrected chi connectivity index (χ1v) is 27.1. The molecule has 1 saturated carbocycles. The maximum atomic E-state index is 14.0. The number of primary amides is 1. The van der Waals surface area contributed by atoms with Crippen LogP contribution in [0.4, 0.5) is 5.95 Å². The molecule has 21 nitrogen and oxygen atoms in total. The number of Topliss-reactive ketones (excluding diaryl/α,β-unsaturated/α-hetero) is 1. The molecule has 5 atom stereocenters. The highest BCUT2D eigenvalue weighted by Crippen LogP contribution is 2.40. The van der Waals surface area contributed by atoms with Crippen LogP contribution in [0, 0.1) is 18.3 Å². The monoisotopic (exact) mass is 1090 g/mol. The lowest BCUT2D eigenvalue weighted by Gasteiger charge is -2.34. The molecular formula is C55H75N9O12S. The number of aliphatic hydroxyl groups excluding tert-OH is 1. The number of methoxy groups -OCH3 is 2. The molecule has 4 heterocycles. The first-order valence-electron chi connectivity index (χ1n) is 26.2. The van der Waals surface area contributed by atoms with Crippen LogP contribution in [-0.2, 0) is 46.3 Å². The number of nitrogens with zero attached hydrogens (tertiary/aromatic N) is 5. The number of likely N-dealkylation sites (tertiary alicyclic amines) is 1. The van der Waals surface area contributed by atoms with Crippen molar-refractivity contribution in [2.45, 2.75) is 103 Å². The van der Waals surface area contributed by atoms with E-state index in [9.17, 15) is 24.3 Å². The molecule has 3 amide bonds. The number of ketones is 1. The van der Waals surface area contributed by atoms with Crippen LogP contribution >= 0.6 is 11.3 Å². The van der Waals surface area contributed by atoms with Gasteiger partial charge in [0.25, 0.3) is 5.91 Å². The highest BCUT2D eigenvalue weighted by atomic mass is 32.1. The lowest BCUT2D eigenvalue weighted by molar-refractivity contribution is -0.146. The number of carbonyl (C=O) groups excluding carboxylic acids is 4. The van der Waals surface area contributed by atoms with Gasteiger partial charge in [-0.15, -0.1) is 11.3 Å². The highest BCUT2D eigenvalue weighted by molar-refractivity contribution is 7.13. The molecular weight excluding hydrogens is 1010 g/mol. The molecule has 2 aliphatic rings. The van der Waals surface area contributed by atoms with Gasteiger partial charge in [-0.2, -0.15) is 0 Å². The molecule has 2 aromatic carbocycles. The van der Waals surface area contributed by atoms with E-state index in [1.54, 1.807) is 40.3 Å². The lowest BCUT2D eigenvalue weighted by Crippen LogP contribution is -2.50. The number of rotatable bonds is 29. The number of aromatic nitrogens is 4. The number of aliphatic hydroxyl groups is 1. The minimum atomic E-state index is -0.860. The SMILES string of the molecule is COc1cc(Cc2nc(N[C@H]3CCCC[C@H]3N)n3ccnc3c2C(N)=O)cc(OC)c1OCCOCCOCCOCCOCC(=O)C[C@H](C(=O)N1C[C@H](O)C[C@H]1C(=O)NCc1ccc(-c2scnc2C)cc1)C(C)(C)C. The second-order valence-electron chi connectivity index (χ2n) is 20.4. The van der Waals surface area contributed by atoms with Crippen molar-refractivity contribution in [1.29, 1.82) is 0 Å². The van der Waals surface area contributed by atoms with Gasteiger partial charge in [0.2, 0.25) is 23.5 Å². The van der Waals surface area contributed by atoms with Crippen LogP contribution in [0.5, 0.6) is 17.2 Å². The number of aryl methyl sites for hydroxylation is 1. The van der Waals surface area contributed by atoms with Crippen molar-refractivity contribution in [3.05, 3.63) is 82.4 Å². The second-order valence-corrected chi connectivity index (χ2v) is 21.3. The fourth-order valence-electron chi connectivity index (χ4n) is 9.65. The minimum Gasteiger partial charge on any atom is -0.493 e. The molecule has 0 radical (unpaired) electrons. The van der Waals surface area contributed by atoms with Crippen LogP contribution in [0.15, 0.2) is 54.3 Å². The molecule has 0 bridgehead atoms. The summed E-state index contributed by atoms with van der Waals surface area (Å²) in [5, 5.41) is 17.0. The van der Waals surface area contributed by atoms with E-state index < -0.39 is 29.4 Å². The van der Waals surface area contributed by atoms with Crippen molar-refractivity contribution in [3.8, 4) is 27.7 Å². The van der Waals surface area contributed by atoms with E-state index in [0.717, 1.165) is 52.9 Å². The molecule has 1 aliphatic heterocycles. The summed E-state index contributed by atoms with van der Waals surface area (Å²) >= 11 is 1.57. The fourth-order valence-corrected chi connectivity index (χ4v) is 10.5. The van der Waals surface area contributed by atoms with Gasteiger partial charge in [0, 0.05) is 62.7 Å². The number of β-amino-alcohol motifs (C(OH)–C–C–N with tert-alkyl or cyclic N) is 1. The van der Waals surface area contributed by atoms with Crippen LogP contribution in [0.25, 0.3) is 16.1 Å². The third-order valence-electron chi connectivity index (χ3n) is 13.8. The number of amides is 3. The van der Waals surface area contributed by atoms with Gasteiger partial charge in [0.1, 0.15) is 24.8 Å². The number of hydrogen-bond acceptors (Lipinski definition) is 18. The van der Waals surface area contributed by atoms with Crippen LogP contribution in [0.2, 0.25) is 0 Å². The first kappa shape index (κ1) is 58.4. The Balaban J connectivity index is 0.772. The Labute approximate surface area is 453 Å². The number of carbonyl (C=O) groups is 4. The van der Waals surface area contributed by atoms with E-state index in [4.69, 9.17) is 49.6 Å². The van der Waals surface area contributed by atoms with Gasteiger partial charge in [-0.1, -0.05) is 57.9 Å². The van der Waals surface area contributed by atoms with Crippen LogP contribution in [-0.4, -0.2) is 157 Å². The summed E-state index contributed by atoms with van der Waals surface area (Å²) in [7, 11) is 3.06. The van der Waals surface area contributed by atoms with Crippen molar-refractivity contribution in [1.82, 2.24) is 29.6 Å². The van der Waals surface area contributed by atoms with Gasteiger partial charge in [-0.05, 0) is 54.0 Å². The predicted molar refractivity (Wildman–Crippen MR) is 289 cm³/mol. The summed E-state index contributed by atoms with van der Waals surface area (Å²) in [5.74, 6) is -0.572. The van der Waals surface area contributed by atoms with Gasteiger partial charge >= 0.3 is 0 Å². The van der Waals surface area contributed by atoms with Gasteiger partial charge < -0.3 is 65.3 Å². The zero-order valence-corrected chi connectivity index (χ0v) is 45.9. The standard InChI is InChI=1S/C55H75N9O12S/c1-34-49(77-33-60-34)37-13-11-35(12-14-37)30-59-52(68)44-29-38(65)31-64(44)53(69)40(55(2,3)4)28-39(66)32-75-22-21-73-18-17-72-19-20-74-23-24-76-48-45(70-5)26-36(27-46(48)71-6)25-43-47(50(57)67)51-58-15-16-63(51)54(62-43)61-42-10-8-7-9-41(42)56/h11-16,26-27,33,38,40-42,44,65H,7-10,17-25,28-32,56H2,1-6H3,(H2,57,67)(H,59,68)(H,61,62)/t38-,40-,41-,42+,44+/m1/s1. The molecule has 5 aromatic rings. The van der Waals surface area contributed by atoms with E-state index in [0.29, 0.717) is 61.0 Å². The number of nitrogens with two attached hydrogens (primary N) is 2. The first-order chi connectivity index (χ1) is 37.1. The second kappa shape index (κ2) is 27.9. The van der Waals surface area contributed by atoms with Gasteiger partial charge in [-0.25, -0.2) is 15.0 Å². The highest BCUT2D eigenvalue weighted by Gasteiger charge is 2.44. The van der Waals surface area contributed by atoms with Crippen LogP contribution in [0.1, 0.15) is 92.2 Å². The Bertz CT molecular complexity index is 2740. The number of fused-ring (bicyclic) bond motifs is 1. The molecule has 1 aliphatic carbocycles. The topological polar surface area (TPSA) is 276 Å². The molecule has 418 valence electrons. The Morgan fingerprint density at radius 3 is 2.14 bits per heavy atom. The fraction of sp³-hybridized carbons (Fsp3) is 0.545. The maximum Gasteiger partial charge on any atom is 0.254 e. The molecule has 7 N–H and O–H groups in total. The Kier molecular flexibility index (Phi) is 21.1. The Morgan fingerprint density at radius 1 is 0.883 bits per heavy atom. The van der Waals surface area contributed by atoms with E-state index in [-0.39, 0.29) is 101 Å². The largest absolute Gasteiger partial charge is 0.493 e. The van der Waals surface area contributed by atoms with E-state index >= 15 is 0 Å². The molecule has 1 saturated heterocycles. The quantitative estimate of drug-likeness (QED) is 0.0399. The van der Waals surface area contributed by atoms with Crippen molar-refractivity contribution in [2.24, 2.45) is 22.8 Å². The number of nitrogens with one attached hydrogen (secondary N) is 2. The van der Waals surface area contributed by atoms with Crippen molar-refractivity contribution in [3.63, 3.8) is 0 Å². The summed E-state index contributed by atoms with van der Waals surface area (Å²) in [6.07, 6.45) is 6.71. The smallest absolute Gasteiger partial charge is 0.254 e. The number of anilines is 1. The lowest BCUT2D eigenvalue weighted by atomic mass is 9.77. The minimum absolute atomic E-state index is 0.00980. The average Bonchev–Trinajstić information content (AvgIpc) is 4.18. The normalized spacial score (nSPS) is 18.1. The summed E-state index contributed by atoms with van der Waals surface area (Å²) in [6.45, 7) is 9.80. The van der Waals surface area contributed by atoms with Crippen molar-refractivity contribution >= 4 is 46.4 Å². The summed E-state index contributed by atoms with van der Waals surface area (Å²) in [5.41, 5.74) is 18.3. The summed E-state index contributed by atoms with van der Waals surface area (Å²) in [6, 6.07) is 10.6. The maximum absolute atomic E-state index is 14.0. The predicted octanol–water partition coefficient (Wildman–Crippen LogP) is 4.89. The Morgan fingerprint density at radius 2 is 1.53 bits per heavy atom. The zero-order valence-electron chi connectivity index (χ0n) is 45.0. The zero-order chi connectivity index (χ0) is 55.1. The van der Waals surface area contributed by atoms with Crippen molar-refractivity contribution in [2.75, 3.05) is 85.5 Å². The molecule has 77 heavy (non-hydrogen) atoms. The van der Waals surface area contributed by atoms with E-state index in [1.807, 2.05) is 57.5 Å². The number of benzene rings is 2.